The number of rotatable bonds is 4. The van der Waals surface area contributed by atoms with Gasteiger partial charge in [-0.2, -0.15) is 0 Å². The number of aryl methyl sites for hydroxylation is 1. The third-order valence-corrected chi connectivity index (χ3v) is 4.85. The van der Waals surface area contributed by atoms with Gasteiger partial charge in [0, 0.05) is 11.1 Å². The summed E-state index contributed by atoms with van der Waals surface area (Å²) in [5.41, 5.74) is 1.39. The van der Waals surface area contributed by atoms with E-state index in [4.69, 9.17) is 4.42 Å². The number of furan rings is 1. The van der Waals surface area contributed by atoms with Crippen LogP contribution in [0.2, 0.25) is 0 Å². The molecular weight excluding hydrogens is 338 g/mol. The maximum atomic E-state index is 12.6. The minimum atomic E-state index is -0.320. The SMILES string of the molecule is Cc1ccc(-c2nc(CN3C(=O)CN(c4ccccc4)C3=O)cs2)o1. The molecule has 3 heterocycles. The quantitative estimate of drug-likeness (QED) is 0.671. The molecule has 0 unspecified atom stereocenters. The van der Waals surface area contributed by atoms with Crippen molar-refractivity contribution in [1.82, 2.24) is 9.88 Å². The van der Waals surface area contributed by atoms with Crippen molar-refractivity contribution in [3.05, 3.63) is 59.3 Å². The van der Waals surface area contributed by atoms with Gasteiger partial charge in [-0.1, -0.05) is 18.2 Å². The summed E-state index contributed by atoms with van der Waals surface area (Å²) in [4.78, 5) is 32.1. The number of hydrogen-bond acceptors (Lipinski definition) is 5. The zero-order valence-corrected chi connectivity index (χ0v) is 14.3. The van der Waals surface area contributed by atoms with Gasteiger partial charge in [0.05, 0.1) is 12.2 Å². The molecular formula is C18H15N3O3S. The molecule has 25 heavy (non-hydrogen) atoms. The van der Waals surface area contributed by atoms with Crippen molar-refractivity contribution in [3.63, 3.8) is 0 Å². The Morgan fingerprint density at radius 1 is 1.16 bits per heavy atom. The highest BCUT2D eigenvalue weighted by molar-refractivity contribution is 7.13. The van der Waals surface area contributed by atoms with E-state index in [0.717, 1.165) is 10.8 Å². The fourth-order valence-corrected chi connectivity index (χ4v) is 3.48. The van der Waals surface area contributed by atoms with Crippen LogP contribution in [0.3, 0.4) is 0 Å². The van der Waals surface area contributed by atoms with Crippen LogP contribution in [0.5, 0.6) is 0 Å². The standard InChI is InChI=1S/C18H15N3O3S/c1-12-7-8-15(24-12)17-19-13(11-25-17)9-21-16(22)10-20(18(21)23)14-5-3-2-4-6-14/h2-8,11H,9-10H2,1H3. The zero-order chi connectivity index (χ0) is 17.4. The molecule has 6 nitrogen and oxygen atoms in total. The van der Waals surface area contributed by atoms with E-state index in [1.54, 1.807) is 0 Å². The van der Waals surface area contributed by atoms with Gasteiger partial charge in [-0.25, -0.2) is 9.78 Å². The molecule has 0 bridgehead atoms. The van der Waals surface area contributed by atoms with E-state index < -0.39 is 0 Å². The summed E-state index contributed by atoms with van der Waals surface area (Å²) in [5, 5.41) is 2.58. The van der Waals surface area contributed by atoms with Gasteiger partial charge in [0.25, 0.3) is 5.91 Å². The highest BCUT2D eigenvalue weighted by Gasteiger charge is 2.37. The van der Waals surface area contributed by atoms with Crippen molar-refractivity contribution >= 4 is 29.0 Å². The van der Waals surface area contributed by atoms with E-state index in [1.165, 1.54) is 21.1 Å². The highest BCUT2D eigenvalue weighted by atomic mass is 32.1. The van der Waals surface area contributed by atoms with Gasteiger partial charge in [0.1, 0.15) is 12.3 Å². The van der Waals surface area contributed by atoms with Crippen LogP contribution >= 0.6 is 11.3 Å². The smallest absolute Gasteiger partial charge is 0.332 e. The van der Waals surface area contributed by atoms with Crippen molar-refractivity contribution in [2.24, 2.45) is 0 Å². The molecule has 0 radical (unpaired) electrons. The van der Waals surface area contributed by atoms with Crippen LogP contribution in [0, 0.1) is 6.92 Å². The lowest BCUT2D eigenvalue weighted by Crippen LogP contribution is -2.32. The molecule has 7 heteroatoms. The number of benzene rings is 1. The molecule has 4 rings (SSSR count). The molecule has 3 aromatic rings. The summed E-state index contributed by atoms with van der Waals surface area (Å²) < 4.78 is 5.56. The number of imide groups is 1. The molecule has 1 aromatic carbocycles. The Hall–Kier alpha value is -2.93. The van der Waals surface area contributed by atoms with Gasteiger partial charge in [0.15, 0.2) is 10.8 Å². The summed E-state index contributed by atoms with van der Waals surface area (Å²) in [6.45, 7) is 2.09. The molecule has 1 aliphatic heterocycles. The van der Waals surface area contributed by atoms with Crippen LogP contribution in [-0.2, 0) is 11.3 Å². The number of urea groups is 1. The summed E-state index contributed by atoms with van der Waals surface area (Å²) in [6.07, 6.45) is 0. The Morgan fingerprint density at radius 3 is 2.68 bits per heavy atom. The molecule has 1 aliphatic rings. The molecule has 0 aliphatic carbocycles. The predicted octanol–water partition coefficient (Wildman–Crippen LogP) is 3.68. The molecule has 3 amide bonds. The molecule has 0 spiro atoms. The van der Waals surface area contributed by atoms with Crippen molar-refractivity contribution < 1.29 is 14.0 Å². The number of amides is 3. The fraction of sp³-hybridized carbons (Fsp3) is 0.167. The van der Waals surface area contributed by atoms with E-state index in [-0.39, 0.29) is 25.0 Å². The molecule has 1 fully saturated rings. The van der Waals surface area contributed by atoms with E-state index >= 15 is 0 Å². The maximum absolute atomic E-state index is 12.6. The number of para-hydroxylation sites is 1. The number of thiazole rings is 1. The molecule has 126 valence electrons. The van der Waals surface area contributed by atoms with Crippen molar-refractivity contribution in [2.75, 3.05) is 11.4 Å². The van der Waals surface area contributed by atoms with E-state index in [1.807, 2.05) is 54.8 Å². The highest BCUT2D eigenvalue weighted by Crippen LogP contribution is 2.27. The first kappa shape index (κ1) is 15.6. The van der Waals surface area contributed by atoms with Gasteiger partial charge in [-0.3, -0.25) is 14.6 Å². The average Bonchev–Trinajstić information content (AvgIpc) is 3.32. The van der Waals surface area contributed by atoms with Gasteiger partial charge in [-0.15, -0.1) is 11.3 Å². The number of anilines is 1. The summed E-state index contributed by atoms with van der Waals surface area (Å²) >= 11 is 1.43. The van der Waals surface area contributed by atoms with Crippen LogP contribution < -0.4 is 4.90 Å². The van der Waals surface area contributed by atoms with E-state index in [0.29, 0.717) is 17.1 Å². The Morgan fingerprint density at radius 2 is 1.96 bits per heavy atom. The number of carbonyl (C=O) groups excluding carboxylic acids is 2. The third kappa shape index (κ3) is 2.94. The Bertz CT molecular complexity index is 932. The van der Waals surface area contributed by atoms with Crippen molar-refractivity contribution in [2.45, 2.75) is 13.5 Å². The summed E-state index contributed by atoms with van der Waals surface area (Å²) in [5.74, 6) is 1.28. The van der Waals surface area contributed by atoms with Crippen LogP contribution in [0.1, 0.15) is 11.5 Å². The van der Waals surface area contributed by atoms with Crippen molar-refractivity contribution in [3.8, 4) is 10.8 Å². The normalized spacial score (nSPS) is 14.6. The topological polar surface area (TPSA) is 66.7 Å². The lowest BCUT2D eigenvalue weighted by Gasteiger charge is -2.16. The van der Waals surface area contributed by atoms with Gasteiger partial charge in [-0.05, 0) is 31.2 Å². The predicted molar refractivity (Wildman–Crippen MR) is 94.3 cm³/mol. The van der Waals surface area contributed by atoms with Crippen molar-refractivity contribution in [1.29, 1.82) is 0 Å². The number of nitrogens with zero attached hydrogens (tertiary/aromatic N) is 3. The fourth-order valence-electron chi connectivity index (χ4n) is 2.71. The van der Waals surface area contributed by atoms with Crippen LogP contribution in [0.25, 0.3) is 10.8 Å². The van der Waals surface area contributed by atoms with Gasteiger partial charge in [0.2, 0.25) is 0 Å². The second kappa shape index (κ2) is 6.18. The Balaban J connectivity index is 1.52. The Kier molecular flexibility index (Phi) is 3.85. The third-order valence-electron chi connectivity index (χ3n) is 3.95. The van der Waals surface area contributed by atoms with Crippen LogP contribution in [0.4, 0.5) is 10.5 Å². The average molecular weight is 353 g/mol. The lowest BCUT2D eigenvalue weighted by molar-refractivity contribution is -0.125. The number of carbonyl (C=O) groups is 2. The van der Waals surface area contributed by atoms with Crippen LogP contribution in [0.15, 0.2) is 52.3 Å². The molecule has 0 N–H and O–H groups in total. The second-order valence-electron chi connectivity index (χ2n) is 5.74. The number of aromatic nitrogens is 1. The van der Waals surface area contributed by atoms with Crippen LogP contribution in [-0.4, -0.2) is 28.4 Å². The summed E-state index contributed by atoms with van der Waals surface area (Å²) in [7, 11) is 0. The first-order valence-electron chi connectivity index (χ1n) is 7.80. The largest absolute Gasteiger partial charge is 0.459 e. The Labute approximate surface area is 148 Å². The zero-order valence-electron chi connectivity index (χ0n) is 13.5. The molecule has 0 atom stereocenters. The molecule has 0 saturated carbocycles. The van der Waals surface area contributed by atoms with Gasteiger partial charge >= 0.3 is 6.03 Å². The summed E-state index contributed by atoms with van der Waals surface area (Å²) in [6, 6.07) is 12.6. The maximum Gasteiger partial charge on any atom is 0.332 e. The molecule has 1 saturated heterocycles. The first-order valence-corrected chi connectivity index (χ1v) is 8.68. The lowest BCUT2D eigenvalue weighted by atomic mass is 10.3. The monoisotopic (exact) mass is 353 g/mol. The molecule has 2 aromatic heterocycles. The van der Waals surface area contributed by atoms with E-state index in [9.17, 15) is 9.59 Å². The second-order valence-corrected chi connectivity index (χ2v) is 6.60. The van der Waals surface area contributed by atoms with Gasteiger partial charge < -0.3 is 4.42 Å². The first-order chi connectivity index (χ1) is 12.1. The number of hydrogen-bond donors (Lipinski definition) is 0. The minimum Gasteiger partial charge on any atom is -0.459 e. The van der Waals surface area contributed by atoms with E-state index in [2.05, 4.69) is 4.98 Å². The minimum absolute atomic E-state index is 0.0528.